The van der Waals surface area contributed by atoms with Crippen molar-refractivity contribution in [3.05, 3.63) is 30.9 Å². The largest absolute Gasteiger partial charge is 0.486 e. The maximum absolute atomic E-state index is 11.0. The lowest BCUT2D eigenvalue weighted by molar-refractivity contribution is -0.106. The van der Waals surface area contributed by atoms with E-state index in [1.807, 2.05) is 12.2 Å². The SMILES string of the molecule is COc1sc(C=C2C=CC(=O)S2)c(Br)c1Br. The third-order valence-electron chi connectivity index (χ3n) is 1.85. The van der Waals surface area contributed by atoms with Crippen molar-refractivity contribution in [2.75, 3.05) is 7.11 Å². The highest BCUT2D eigenvalue weighted by Crippen LogP contribution is 2.44. The molecule has 0 unspecified atom stereocenters. The number of carbonyl (C=O) groups is 1. The Balaban J connectivity index is 2.35. The summed E-state index contributed by atoms with van der Waals surface area (Å²) < 4.78 is 7.07. The number of hydrogen-bond acceptors (Lipinski definition) is 4. The first kappa shape index (κ1) is 12.4. The van der Waals surface area contributed by atoms with Gasteiger partial charge in [0.15, 0.2) is 5.06 Å². The van der Waals surface area contributed by atoms with Gasteiger partial charge in [0.2, 0.25) is 5.12 Å². The summed E-state index contributed by atoms with van der Waals surface area (Å²) in [4.78, 5) is 13.0. The number of allylic oxidation sites excluding steroid dienone is 1. The molecule has 0 N–H and O–H groups in total. The first-order chi connectivity index (χ1) is 7.61. The quantitative estimate of drug-likeness (QED) is 0.756. The Bertz CT molecular complexity index is 503. The van der Waals surface area contributed by atoms with Crippen molar-refractivity contribution >= 4 is 66.1 Å². The van der Waals surface area contributed by atoms with Crippen LogP contribution >= 0.6 is 55.0 Å². The van der Waals surface area contributed by atoms with Crippen LogP contribution in [0.15, 0.2) is 26.0 Å². The van der Waals surface area contributed by atoms with Crippen molar-refractivity contribution in [2.45, 2.75) is 0 Å². The molecule has 6 heteroatoms. The zero-order valence-corrected chi connectivity index (χ0v) is 12.9. The lowest BCUT2D eigenvalue weighted by Gasteiger charge is -1.92. The van der Waals surface area contributed by atoms with E-state index in [1.165, 1.54) is 23.1 Å². The minimum atomic E-state index is 0.0740. The predicted octanol–water partition coefficient (Wildman–Crippen LogP) is 4.45. The van der Waals surface area contributed by atoms with E-state index in [1.54, 1.807) is 13.2 Å². The molecule has 1 aliphatic heterocycles. The highest BCUT2D eigenvalue weighted by atomic mass is 79.9. The Labute approximate surface area is 118 Å². The number of ether oxygens (including phenoxy) is 1. The van der Waals surface area contributed by atoms with Crippen molar-refractivity contribution < 1.29 is 9.53 Å². The number of thioether (sulfide) groups is 1. The number of halogens is 2. The van der Waals surface area contributed by atoms with Crippen LogP contribution in [-0.4, -0.2) is 12.2 Å². The maximum Gasteiger partial charge on any atom is 0.216 e. The smallest absolute Gasteiger partial charge is 0.216 e. The molecule has 0 aromatic carbocycles. The van der Waals surface area contributed by atoms with E-state index in [0.717, 1.165) is 23.8 Å². The highest BCUT2D eigenvalue weighted by Gasteiger charge is 2.15. The van der Waals surface area contributed by atoms with E-state index < -0.39 is 0 Å². The maximum atomic E-state index is 11.0. The van der Waals surface area contributed by atoms with Crippen molar-refractivity contribution in [3.8, 4) is 5.06 Å². The molecule has 1 aromatic heterocycles. The van der Waals surface area contributed by atoms with Crippen LogP contribution in [0, 0.1) is 0 Å². The predicted molar refractivity (Wildman–Crippen MR) is 76.0 cm³/mol. The molecule has 0 saturated heterocycles. The standard InChI is InChI=1S/C10H6Br2O2S2/c1-14-10-9(12)8(11)6(16-10)4-5-2-3-7(13)15-5/h2-4H,1H3. The van der Waals surface area contributed by atoms with Gasteiger partial charge in [-0.05, 0) is 61.8 Å². The summed E-state index contributed by atoms with van der Waals surface area (Å²) in [5, 5.41) is 0.891. The van der Waals surface area contributed by atoms with Gasteiger partial charge in [-0.2, -0.15) is 0 Å². The molecule has 0 radical (unpaired) electrons. The van der Waals surface area contributed by atoms with Gasteiger partial charge in [-0.3, -0.25) is 4.79 Å². The van der Waals surface area contributed by atoms with Gasteiger partial charge in [0.1, 0.15) is 0 Å². The topological polar surface area (TPSA) is 26.3 Å². The average Bonchev–Trinajstić information content (AvgIpc) is 2.78. The Morgan fingerprint density at radius 2 is 2.06 bits per heavy atom. The molecule has 0 fully saturated rings. The van der Waals surface area contributed by atoms with Crippen LogP contribution in [0.4, 0.5) is 0 Å². The first-order valence-corrected chi connectivity index (χ1v) is 7.47. The van der Waals surface area contributed by atoms with E-state index in [9.17, 15) is 4.79 Å². The zero-order valence-electron chi connectivity index (χ0n) is 8.12. The monoisotopic (exact) mass is 380 g/mol. The molecule has 1 aromatic rings. The Morgan fingerprint density at radius 1 is 1.31 bits per heavy atom. The molecule has 0 aliphatic carbocycles. The number of rotatable bonds is 2. The fourth-order valence-corrected chi connectivity index (χ4v) is 4.18. The fraction of sp³-hybridized carbons (Fsp3) is 0.100. The summed E-state index contributed by atoms with van der Waals surface area (Å²) in [6, 6.07) is 0. The van der Waals surface area contributed by atoms with Gasteiger partial charge in [-0.15, -0.1) is 0 Å². The van der Waals surface area contributed by atoms with Gasteiger partial charge in [-0.1, -0.05) is 11.3 Å². The van der Waals surface area contributed by atoms with Gasteiger partial charge < -0.3 is 4.74 Å². The summed E-state index contributed by atoms with van der Waals surface area (Å²) in [7, 11) is 1.63. The number of methoxy groups -OCH3 is 1. The van der Waals surface area contributed by atoms with E-state index in [0.29, 0.717) is 0 Å². The van der Waals surface area contributed by atoms with Crippen molar-refractivity contribution in [1.29, 1.82) is 0 Å². The second kappa shape index (κ2) is 5.08. The Hall–Kier alpha value is -0.0400. The van der Waals surface area contributed by atoms with Crippen LogP contribution in [-0.2, 0) is 4.79 Å². The van der Waals surface area contributed by atoms with E-state index >= 15 is 0 Å². The van der Waals surface area contributed by atoms with Crippen molar-refractivity contribution in [3.63, 3.8) is 0 Å². The molecule has 0 saturated carbocycles. The molecule has 1 aliphatic rings. The molecule has 84 valence electrons. The summed E-state index contributed by atoms with van der Waals surface area (Å²) in [6.07, 6.45) is 5.36. The third kappa shape index (κ3) is 2.45. The Kier molecular flexibility index (Phi) is 3.94. The number of thiophene rings is 1. The lowest BCUT2D eigenvalue weighted by atomic mass is 10.4. The molecular weight excluding hydrogens is 376 g/mol. The van der Waals surface area contributed by atoms with Gasteiger partial charge in [0.25, 0.3) is 0 Å². The van der Waals surface area contributed by atoms with Crippen LogP contribution in [0.3, 0.4) is 0 Å². The second-order valence-electron chi connectivity index (χ2n) is 2.89. The number of hydrogen-bond donors (Lipinski definition) is 0. The van der Waals surface area contributed by atoms with Gasteiger partial charge in [-0.25, -0.2) is 0 Å². The van der Waals surface area contributed by atoms with Crippen molar-refractivity contribution in [1.82, 2.24) is 0 Å². The molecule has 2 heterocycles. The number of carbonyl (C=O) groups excluding carboxylic acids is 1. The molecule has 0 bridgehead atoms. The minimum Gasteiger partial charge on any atom is -0.486 e. The normalized spacial score (nSPS) is 17.4. The second-order valence-corrected chi connectivity index (χ2v) is 6.57. The van der Waals surface area contributed by atoms with Crippen LogP contribution in [0.25, 0.3) is 6.08 Å². The van der Waals surface area contributed by atoms with Gasteiger partial charge in [0.05, 0.1) is 16.1 Å². The summed E-state index contributed by atoms with van der Waals surface area (Å²) >= 11 is 9.68. The summed E-state index contributed by atoms with van der Waals surface area (Å²) in [6.45, 7) is 0. The Morgan fingerprint density at radius 3 is 2.56 bits per heavy atom. The lowest BCUT2D eigenvalue weighted by Crippen LogP contribution is -1.76. The molecule has 0 atom stereocenters. The van der Waals surface area contributed by atoms with Crippen LogP contribution in [0.2, 0.25) is 0 Å². The van der Waals surface area contributed by atoms with E-state index in [2.05, 4.69) is 31.9 Å². The zero-order chi connectivity index (χ0) is 11.7. The van der Waals surface area contributed by atoms with E-state index in [4.69, 9.17) is 4.74 Å². The fourth-order valence-electron chi connectivity index (χ4n) is 1.15. The van der Waals surface area contributed by atoms with Crippen molar-refractivity contribution in [2.24, 2.45) is 0 Å². The van der Waals surface area contributed by atoms with Crippen LogP contribution < -0.4 is 4.74 Å². The molecule has 2 rings (SSSR count). The molecular formula is C10H6Br2O2S2. The minimum absolute atomic E-state index is 0.0740. The molecule has 16 heavy (non-hydrogen) atoms. The van der Waals surface area contributed by atoms with Gasteiger partial charge >= 0.3 is 0 Å². The van der Waals surface area contributed by atoms with Crippen LogP contribution in [0.1, 0.15) is 4.88 Å². The molecule has 2 nitrogen and oxygen atoms in total. The highest BCUT2D eigenvalue weighted by molar-refractivity contribution is 9.13. The molecule has 0 spiro atoms. The summed E-state index contributed by atoms with van der Waals surface area (Å²) in [5.41, 5.74) is 0. The first-order valence-electron chi connectivity index (χ1n) is 4.25. The van der Waals surface area contributed by atoms with E-state index in [-0.39, 0.29) is 5.12 Å². The summed E-state index contributed by atoms with van der Waals surface area (Å²) in [5.74, 6) is 0. The average molecular weight is 382 g/mol. The third-order valence-corrected chi connectivity index (χ3v) is 6.41. The van der Waals surface area contributed by atoms with Gasteiger partial charge in [0, 0.05) is 9.78 Å². The van der Waals surface area contributed by atoms with Crippen LogP contribution in [0.5, 0.6) is 5.06 Å². The molecule has 0 amide bonds.